The SMILES string of the molecule is C/C=C1C=C/1C[C@@H](N)C(N)=O. The quantitative estimate of drug-likeness (QED) is 0.601. The molecule has 1 atom stereocenters. The van der Waals surface area contributed by atoms with Gasteiger partial charge in [-0.2, -0.15) is 0 Å². The molecular formula is C8H12N2O. The van der Waals surface area contributed by atoms with Crippen molar-refractivity contribution >= 4 is 5.91 Å². The summed E-state index contributed by atoms with van der Waals surface area (Å²) in [5, 5.41) is 0. The van der Waals surface area contributed by atoms with Crippen LogP contribution in [-0.4, -0.2) is 11.9 Å². The van der Waals surface area contributed by atoms with Crippen molar-refractivity contribution in [2.45, 2.75) is 19.4 Å². The minimum atomic E-state index is -0.529. The van der Waals surface area contributed by atoms with Gasteiger partial charge in [-0.3, -0.25) is 4.79 Å². The molecule has 11 heavy (non-hydrogen) atoms. The average molecular weight is 152 g/mol. The van der Waals surface area contributed by atoms with Gasteiger partial charge >= 0.3 is 0 Å². The first kappa shape index (κ1) is 8.01. The lowest BCUT2D eigenvalue weighted by Crippen LogP contribution is -2.36. The molecule has 1 aliphatic carbocycles. The maximum absolute atomic E-state index is 10.5. The summed E-state index contributed by atoms with van der Waals surface area (Å²) in [5.41, 5.74) is 12.8. The van der Waals surface area contributed by atoms with Gasteiger partial charge in [0.15, 0.2) is 0 Å². The molecule has 1 amide bonds. The molecule has 0 radical (unpaired) electrons. The van der Waals surface area contributed by atoms with Crippen molar-refractivity contribution < 1.29 is 4.79 Å². The summed E-state index contributed by atoms with van der Waals surface area (Å²) in [6.45, 7) is 1.95. The van der Waals surface area contributed by atoms with Crippen LogP contribution >= 0.6 is 0 Å². The van der Waals surface area contributed by atoms with Crippen LogP contribution in [-0.2, 0) is 4.79 Å². The summed E-state index contributed by atoms with van der Waals surface area (Å²) in [7, 11) is 0. The summed E-state index contributed by atoms with van der Waals surface area (Å²) in [6.07, 6.45) is 4.57. The van der Waals surface area contributed by atoms with Crippen molar-refractivity contribution in [1.29, 1.82) is 0 Å². The third-order valence-corrected chi connectivity index (χ3v) is 1.73. The molecule has 0 unspecified atom stereocenters. The molecule has 1 aliphatic rings. The van der Waals surface area contributed by atoms with Gasteiger partial charge in [0, 0.05) is 0 Å². The Bertz CT molecular complexity index is 240. The first-order chi connectivity index (χ1) is 5.15. The Labute approximate surface area is 65.8 Å². The van der Waals surface area contributed by atoms with Gasteiger partial charge in [-0.15, -0.1) is 0 Å². The van der Waals surface area contributed by atoms with Gasteiger partial charge in [-0.05, 0) is 24.5 Å². The molecule has 0 spiro atoms. The zero-order valence-electron chi connectivity index (χ0n) is 6.50. The lowest BCUT2D eigenvalue weighted by Gasteiger charge is -2.02. The summed E-state index contributed by atoms with van der Waals surface area (Å²) in [4.78, 5) is 10.5. The number of carbonyl (C=O) groups excluding carboxylic acids is 1. The van der Waals surface area contributed by atoms with Crippen LogP contribution in [0.25, 0.3) is 0 Å². The first-order valence-corrected chi connectivity index (χ1v) is 3.57. The fraction of sp³-hybridized carbons (Fsp3) is 0.375. The van der Waals surface area contributed by atoms with E-state index < -0.39 is 11.9 Å². The molecule has 0 fully saturated rings. The van der Waals surface area contributed by atoms with Crippen molar-refractivity contribution in [3.8, 4) is 0 Å². The van der Waals surface area contributed by atoms with Gasteiger partial charge in [-0.1, -0.05) is 12.2 Å². The standard InChI is InChI=1S/C8H12N2O/c1-2-5-3-6(5)4-7(9)8(10)11/h2-3,7H,4,9H2,1H3,(H2,10,11)/b5-2-/t7-/m1/s1. The number of rotatable bonds is 3. The molecule has 0 saturated carbocycles. The van der Waals surface area contributed by atoms with E-state index in [4.69, 9.17) is 11.5 Å². The molecule has 1 rings (SSSR count). The summed E-state index contributed by atoms with van der Waals surface area (Å²) < 4.78 is 0. The number of hydrogen-bond acceptors (Lipinski definition) is 2. The molecule has 0 aromatic heterocycles. The van der Waals surface area contributed by atoms with Crippen LogP contribution in [0, 0.1) is 0 Å². The van der Waals surface area contributed by atoms with Gasteiger partial charge in [0.05, 0.1) is 6.04 Å². The van der Waals surface area contributed by atoms with Crippen LogP contribution in [0.4, 0.5) is 0 Å². The summed E-state index contributed by atoms with van der Waals surface area (Å²) in [6, 6.07) is -0.529. The van der Waals surface area contributed by atoms with Crippen molar-refractivity contribution in [1.82, 2.24) is 0 Å². The van der Waals surface area contributed by atoms with E-state index in [2.05, 4.69) is 0 Å². The Kier molecular flexibility index (Phi) is 2.10. The largest absolute Gasteiger partial charge is 0.368 e. The van der Waals surface area contributed by atoms with E-state index in [0.717, 1.165) is 5.57 Å². The van der Waals surface area contributed by atoms with Gasteiger partial charge in [0.25, 0.3) is 0 Å². The van der Waals surface area contributed by atoms with E-state index in [1.165, 1.54) is 5.57 Å². The van der Waals surface area contributed by atoms with Gasteiger partial charge in [0.1, 0.15) is 0 Å². The van der Waals surface area contributed by atoms with Crippen LogP contribution in [0.3, 0.4) is 0 Å². The van der Waals surface area contributed by atoms with E-state index in [1.54, 1.807) is 0 Å². The van der Waals surface area contributed by atoms with E-state index >= 15 is 0 Å². The zero-order chi connectivity index (χ0) is 8.43. The third kappa shape index (κ3) is 1.91. The second-order valence-corrected chi connectivity index (χ2v) is 2.63. The Balaban J connectivity index is 2.34. The molecule has 0 aromatic rings. The maximum Gasteiger partial charge on any atom is 0.234 e. The second-order valence-electron chi connectivity index (χ2n) is 2.63. The Morgan fingerprint density at radius 1 is 1.82 bits per heavy atom. The number of primary amides is 1. The van der Waals surface area contributed by atoms with E-state index in [-0.39, 0.29) is 0 Å². The number of hydrogen-bond donors (Lipinski definition) is 2. The molecule has 0 bridgehead atoms. The van der Waals surface area contributed by atoms with Crippen LogP contribution in [0.5, 0.6) is 0 Å². The molecule has 4 N–H and O–H groups in total. The van der Waals surface area contributed by atoms with Crippen molar-refractivity contribution in [3.63, 3.8) is 0 Å². The van der Waals surface area contributed by atoms with Crippen molar-refractivity contribution in [2.75, 3.05) is 0 Å². The number of nitrogens with two attached hydrogens (primary N) is 2. The lowest BCUT2D eigenvalue weighted by atomic mass is 10.1. The monoisotopic (exact) mass is 152 g/mol. The van der Waals surface area contributed by atoms with Crippen molar-refractivity contribution in [2.24, 2.45) is 11.5 Å². The van der Waals surface area contributed by atoms with Crippen LogP contribution in [0.15, 0.2) is 23.3 Å². The van der Waals surface area contributed by atoms with Gasteiger partial charge < -0.3 is 11.5 Å². The second kappa shape index (κ2) is 2.88. The fourth-order valence-electron chi connectivity index (χ4n) is 0.935. The number of carbonyl (C=O) groups is 1. The number of allylic oxidation sites excluding steroid dienone is 3. The highest BCUT2D eigenvalue weighted by molar-refractivity contribution is 5.80. The predicted molar refractivity (Wildman–Crippen MR) is 43.6 cm³/mol. The Morgan fingerprint density at radius 2 is 2.45 bits per heavy atom. The first-order valence-electron chi connectivity index (χ1n) is 3.57. The summed E-state index contributed by atoms with van der Waals surface area (Å²) in [5.74, 6) is -0.437. The topological polar surface area (TPSA) is 69.1 Å². The molecule has 60 valence electrons. The van der Waals surface area contributed by atoms with Crippen LogP contribution in [0.1, 0.15) is 13.3 Å². The molecule has 0 saturated heterocycles. The fourth-order valence-corrected chi connectivity index (χ4v) is 0.935. The molecular weight excluding hydrogens is 140 g/mol. The third-order valence-electron chi connectivity index (χ3n) is 1.73. The molecule has 0 aromatic carbocycles. The summed E-state index contributed by atoms with van der Waals surface area (Å²) >= 11 is 0. The zero-order valence-corrected chi connectivity index (χ0v) is 6.50. The minimum absolute atomic E-state index is 0.437. The average Bonchev–Trinajstić information content (AvgIpc) is 2.67. The van der Waals surface area contributed by atoms with E-state index in [0.29, 0.717) is 6.42 Å². The van der Waals surface area contributed by atoms with E-state index in [9.17, 15) is 4.79 Å². The van der Waals surface area contributed by atoms with Gasteiger partial charge in [-0.25, -0.2) is 0 Å². The molecule has 3 nitrogen and oxygen atoms in total. The number of amides is 1. The van der Waals surface area contributed by atoms with Gasteiger partial charge in [0.2, 0.25) is 5.91 Å². The predicted octanol–water partition coefficient (Wildman–Crippen LogP) is 0.0754. The van der Waals surface area contributed by atoms with Crippen molar-refractivity contribution in [3.05, 3.63) is 23.3 Å². The molecule has 3 heteroatoms. The highest BCUT2D eigenvalue weighted by atomic mass is 16.1. The molecule has 0 aliphatic heterocycles. The highest BCUT2D eigenvalue weighted by Crippen LogP contribution is 2.30. The lowest BCUT2D eigenvalue weighted by molar-refractivity contribution is -0.119. The van der Waals surface area contributed by atoms with Crippen LogP contribution < -0.4 is 11.5 Å². The molecule has 0 heterocycles. The normalized spacial score (nSPS) is 21.3. The Morgan fingerprint density at radius 3 is 2.82 bits per heavy atom. The Hall–Kier alpha value is -1.09. The smallest absolute Gasteiger partial charge is 0.234 e. The minimum Gasteiger partial charge on any atom is -0.368 e. The maximum atomic E-state index is 10.5. The van der Waals surface area contributed by atoms with E-state index in [1.807, 2.05) is 19.1 Å². The highest BCUT2D eigenvalue weighted by Gasteiger charge is 2.20. The van der Waals surface area contributed by atoms with Crippen LogP contribution in [0.2, 0.25) is 0 Å².